The fourth-order valence-corrected chi connectivity index (χ4v) is 3.21. The van der Waals surface area contributed by atoms with Crippen molar-refractivity contribution in [3.8, 4) is 11.5 Å². The number of methoxy groups -OCH3 is 1. The van der Waals surface area contributed by atoms with E-state index in [4.69, 9.17) is 9.47 Å². The van der Waals surface area contributed by atoms with Crippen molar-refractivity contribution in [3.05, 3.63) is 89.7 Å². The van der Waals surface area contributed by atoms with E-state index in [9.17, 15) is 0 Å². The van der Waals surface area contributed by atoms with Crippen LogP contribution >= 0.6 is 0 Å². The molecule has 1 heterocycles. The summed E-state index contributed by atoms with van der Waals surface area (Å²) in [7, 11) is 5.89. The maximum Gasteiger partial charge on any atom is 0.161 e. The molecule has 29 heavy (non-hydrogen) atoms. The molecule has 5 heteroatoms. The van der Waals surface area contributed by atoms with Crippen molar-refractivity contribution in [1.82, 2.24) is 15.2 Å². The molecule has 0 bridgehead atoms. The average Bonchev–Trinajstić information content (AvgIpc) is 2.76. The highest BCUT2D eigenvalue weighted by molar-refractivity contribution is 5.43. The Labute approximate surface area is 173 Å². The highest BCUT2D eigenvalue weighted by Crippen LogP contribution is 2.29. The minimum atomic E-state index is 0.320. The summed E-state index contributed by atoms with van der Waals surface area (Å²) in [5.74, 6) is 1.48. The van der Waals surface area contributed by atoms with Gasteiger partial charge in [0.25, 0.3) is 0 Å². The highest BCUT2D eigenvalue weighted by Gasteiger charge is 2.13. The van der Waals surface area contributed by atoms with Crippen LogP contribution in [0.4, 0.5) is 0 Å². The molecule has 1 aromatic heterocycles. The van der Waals surface area contributed by atoms with Crippen LogP contribution in [-0.4, -0.2) is 37.6 Å². The number of rotatable bonds is 10. The molecule has 3 rings (SSSR count). The summed E-state index contributed by atoms with van der Waals surface area (Å²) in [6.45, 7) is 2.11. The Hall–Kier alpha value is -2.89. The summed E-state index contributed by atoms with van der Waals surface area (Å²) in [5, 5.41) is 3.57. The molecule has 0 saturated carbocycles. The predicted octanol–water partition coefficient (Wildman–Crippen LogP) is 4.06. The lowest BCUT2D eigenvalue weighted by Gasteiger charge is -2.25. The van der Waals surface area contributed by atoms with E-state index in [0.29, 0.717) is 12.6 Å². The Morgan fingerprint density at radius 3 is 2.38 bits per heavy atom. The average molecular weight is 392 g/mol. The molecule has 1 atom stereocenters. The first-order valence-corrected chi connectivity index (χ1v) is 9.78. The minimum absolute atomic E-state index is 0.320. The number of hydrogen-bond acceptors (Lipinski definition) is 5. The second kappa shape index (κ2) is 10.6. The number of likely N-dealkylation sites (N-methyl/N-ethyl adjacent to an activating group) is 1. The summed E-state index contributed by atoms with van der Waals surface area (Å²) < 4.78 is 11.5. The Bertz CT molecular complexity index is 870. The number of hydrogen-bond donors (Lipinski definition) is 1. The number of nitrogens with zero attached hydrogens (tertiary/aromatic N) is 2. The zero-order valence-corrected chi connectivity index (χ0v) is 17.3. The van der Waals surface area contributed by atoms with Crippen molar-refractivity contribution < 1.29 is 9.47 Å². The molecule has 0 aliphatic heterocycles. The first-order chi connectivity index (χ1) is 14.2. The van der Waals surface area contributed by atoms with Gasteiger partial charge in [0.2, 0.25) is 0 Å². The molecule has 0 aliphatic carbocycles. The third kappa shape index (κ3) is 6.04. The second-order valence-electron chi connectivity index (χ2n) is 7.15. The van der Waals surface area contributed by atoms with Gasteiger partial charge in [-0.15, -0.1) is 0 Å². The number of aromatic nitrogens is 1. The van der Waals surface area contributed by atoms with Crippen LogP contribution in [0.5, 0.6) is 11.5 Å². The molecule has 3 aromatic rings. The molecule has 5 nitrogen and oxygen atoms in total. The van der Waals surface area contributed by atoms with Crippen molar-refractivity contribution in [2.24, 2.45) is 0 Å². The van der Waals surface area contributed by atoms with Crippen molar-refractivity contribution in [3.63, 3.8) is 0 Å². The molecular formula is C24H29N3O2. The predicted molar refractivity (Wildman–Crippen MR) is 116 cm³/mol. The molecule has 0 amide bonds. The maximum atomic E-state index is 5.92. The molecule has 0 aliphatic rings. The van der Waals surface area contributed by atoms with Crippen LogP contribution < -0.4 is 14.8 Å². The van der Waals surface area contributed by atoms with Crippen molar-refractivity contribution >= 4 is 0 Å². The lowest BCUT2D eigenvalue weighted by Crippen LogP contribution is -2.30. The Balaban J connectivity index is 1.58. The van der Waals surface area contributed by atoms with E-state index in [1.165, 1.54) is 5.56 Å². The number of pyridine rings is 1. The van der Waals surface area contributed by atoms with Gasteiger partial charge in [0.1, 0.15) is 6.61 Å². The fraction of sp³-hybridized carbons (Fsp3) is 0.292. The Morgan fingerprint density at radius 1 is 0.931 bits per heavy atom. The summed E-state index contributed by atoms with van der Waals surface area (Å²) in [4.78, 5) is 6.26. The zero-order chi connectivity index (χ0) is 20.5. The Kier molecular flexibility index (Phi) is 7.61. The molecule has 0 radical (unpaired) electrons. The van der Waals surface area contributed by atoms with Crippen LogP contribution in [0.15, 0.2) is 73.1 Å². The minimum Gasteiger partial charge on any atom is -0.493 e. The van der Waals surface area contributed by atoms with Gasteiger partial charge in [-0.25, -0.2) is 0 Å². The summed E-state index contributed by atoms with van der Waals surface area (Å²) in [5.41, 5.74) is 3.54. The van der Waals surface area contributed by atoms with E-state index in [2.05, 4.69) is 59.6 Å². The van der Waals surface area contributed by atoms with Gasteiger partial charge in [-0.2, -0.15) is 0 Å². The van der Waals surface area contributed by atoms with Crippen molar-refractivity contribution in [1.29, 1.82) is 0 Å². The maximum absolute atomic E-state index is 5.92. The molecule has 0 spiro atoms. The van der Waals surface area contributed by atoms with Crippen LogP contribution in [0.2, 0.25) is 0 Å². The standard InChI is InChI=1S/C24H29N3O2/c1-27(2)22(21-7-5-4-6-8-21)17-26-16-20-9-10-23(24(15-20)28-3)29-18-19-11-13-25-14-12-19/h4-15,22,26H,16-18H2,1-3H3. The third-order valence-corrected chi connectivity index (χ3v) is 4.85. The molecule has 2 aromatic carbocycles. The number of benzene rings is 2. The van der Waals surface area contributed by atoms with E-state index in [1.807, 2.05) is 30.3 Å². The van der Waals surface area contributed by atoms with Gasteiger partial charge in [0.05, 0.1) is 7.11 Å². The SMILES string of the molecule is COc1cc(CNCC(c2ccccc2)N(C)C)ccc1OCc1ccncc1. The lowest BCUT2D eigenvalue weighted by molar-refractivity contribution is 0.283. The van der Waals surface area contributed by atoms with E-state index in [1.54, 1.807) is 19.5 Å². The van der Waals surface area contributed by atoms with Crippen LogP contribution in [0, 0.1) is 0 Å². The second-order valence-corrected chi connectivity index (χ2v) is 7.15. The van der Waals surface area contributed by atoms with Crippen molar-refractivity contribution in [2.75, 3.05) is 27.7 Å². The lowest BCUT2D eigenvalue weighted by atomic mass is 10.1. The van der Waals surface area contributed by atoms with Gasteiger partial charge in [0, 0.05) is 31.5 Å². The summed E-state index contributed by atoms with van der Waals surface area (Å²) in [6, 6.07) is 20.8. The molecule has 0 saturated heterocycles. The van der Waals surface area contributed by atoms with Crippen LogP contribution in [0.25, 0.3) is 0 Å². The monoisotopic (exact) mass is 391 g/mol. The molecule has 1 unspecified atom stereocenters. The van der Waals surface area contributed by atoms with Crippen molar-refractivity contribution in [2.45, 2.75) is 19.2 Å². The van der Waals surface area contributed by atoms with Gasteiger partial charge < -0.3 is 19.7 Å². The molecule has 1 N–H and O–H groups in total. The van der Waals surface area contributed by atoms with Gasteiger partial charge in [-0.1, -0.05) is 36.4 Å². The molecule has 152 valence electrons. The van der Waals surface area contributed by atoms with E-state index in [0.717, 1.165) is 35.7 Å². The molecular weight excluding hydrogens is 362 g/mol. The van der Waals surface area contributed by atoms with E-state index >= 15 is 0 Å². The fourth-order valence-electron chi connectivity index (χ4n) is 3.21. The normalized spacial score (nSPS) is 12.0. The quantitative estimate of drug-likeness (QED) is 0.565. The smallest absolute Gasteiger partial charge is 0.161 e. The third-order valence-electron chi connectivity index (χ3n) is 4.85. The van der Waals surface area contributed by atoms with Crippen LogP contribution in [0.3, 0.4) is 0 Å². The van der Waals surface area contributed by atoms with E-state index < -0.39 is 0 Å². The first-order valence-electron chi connectivity index (χ1n) is 9.78. The van der Waals surface area contributed by atoms with Gasteiger partial charge in [-0.05, 0) is 55.1 Å². The van der Waals surface area contributed by atoms with Gasteiger partial charge in [-0.3, -0.25) is 4.98 Å². The van der Waals surface area contributed by atoms with Gasteiger partial charge in [0.15, 0.2) is 11.5 Å². The highest BCUT2D eigenvalue weighted by atomic mass is 16.5. The zero-order valence-electron chi connectivity index (χ0n) is 17.3. The van der Waals surface area contributed by atoms with Crippen LogP contribution in [-0.2, 0) is 13.2 Å². The number of nitrogens with one attached hydrogen (secondary N) is 1. The first kappa shape index (κ1) is 20.8. The summed E-state index contributed by atoms with van der Waals surface area (Å²) >= 11 is 0. The van der Waals surface area contributed by atoms with Crippen LogP contribution in [0.1, 0.15) is 22.7 Å². The molecule has 0 fully saturated rings. The Morgan fingerprint density at radius 2 is 1.69 bits per heavy atom. The topological polar surface area (TPSA) is 46.6 Å². The largest absolute Gasteiger partial charge is 0.493 e. The summed E-state index contributed by atoms with van der Waals surface area (Å²) in [6.07, 6.45) is 3.53. The van der Waals surface area contributed by atoms with Gasteiger partial charge >= 0.3 is 0 Å². The van der Waals surface area contributed by atoms with E-state index in [-0.39, 0.29) is 0 Å². The number of ether oxygens (including phenoxy) is 2.